The Morgan fingerprint density at radius 3 is 3.00 bits per heavy atom. The molecule has 1 saturated heterocycles. The zero-order valence-corrected chi connectivity index (χ0v) is 8.18. The van der Waals surface area contributed by atoms with Gasteiger partial charge in [0, 0.05) is 25.3 Å². The maximum Gasteiger partial charge on any atom is 0.138 e. The first-order valence-electron chi connectivity index (χ1n) is 4.91. The van der Waals surface area contributed by atoms with E-state index in [1.807, 2.05) is 0 Å². The van der Waals surface area contributed by atoms with Crippen LogP contribution in [0.2, 0.25) is 0 Å². The van der Waals surface area contributed by atoms with Gasteiger partial charge in [-0.05, 0) is 18.9 Å². The Hall–Kier alpha value is -0.810. The lowest BCUT2D eigenvalue weighted by Gasteiger charge is -2.26. The molecule has 2 unspecified atom stereocenters. The quantitative estimate of drug-likeness (QED) is 0.660. The van der Waals surface area contributed by atoms with Gasteiger partial charge in [0.05, 0.1) is 0 Å². The summed E-state index contributed by atoms with van der Waals surface area (Å²) in [5.41, 5.74) is 0. The molecule has 2 heteroatoms. The SMILES string of the molecule is C#CCCC(=O)C1CNCC(C)C1. The second kappa shape index (κ2) is 5.04. The smallest absolute Gasteiger partial charge is 0.138 e. The van der Waals surface area contributed by atoms with E-state index in [2.05, 4.69) is 18.2 Å². The van der Waals surface area contributed by atoms with Crippen LogP contribution in [0.1, 0.15) is 26.2 Å². The molecule has 0 aromatic carbocycles. The van der Waals surface area contributed by atoms with Crippen LogP contribution in [0.4, 0.5) is 0 Å². The van der Waals surface area contributed by atoms with Crippen molar-refractivity contribution in [1.29, 1.82) is 0 Å². The third kappa shape index (κ3) is 3.20. The first-order chi connectivity index (χ1) is 6.24. The van der Waals surface area contributed by atoms with Crippen molar-refractivity contribution >= 4 is 5.78 Å². The van der Waals surface area contributed by atoms with Gasteiger partial charge in [-0.25, -0.2) is 0 Å². The topological polar surface area (TPSA) is 29.1 Å². The number of hydrogen-bond donors (Lipinski definition) is 1. The van der Waals surface area contributed by atoms with Crippen LogP contribution in [0.25, 0.3) is 0 Å². The normalized spacial score (nSPS) is 28.0. The van der Waals surface area contributed by atoms with Crippen molar-refractivity contribution in [1.82, 2.24) is 5.32 Å². The minimum atomic E-state index is 0.206. The number of rotatable bonds is 3. The number of carbonyl (C=O) groups excluding carboxylic acids is 1. The Labute approximate surface area is 80.1 Å². The van der Waals surface area contributed by atoms with Crippen LogP contribution in [0.15, 0.2) is 0 Å². The number of Topliss-reactive ketones (excluding diaryl/α,β-unsaturated/α-hetero) is 1. The van der Waals surface area contributed by atoms with E-state index in [0.717, 1.165) is 19.5 Å². The number of terminal acetylenes is 1. The van der Waals surface area contributed by atoms with Crippen LogP contribution >= 0.6 is 0 Å². The molecule has 0 aliphatic carbocycles. The highest BCUT2D eigenvalue weighted by Crippen LogP contribution is 2.18. The largest absolute Gasteiger partial charge is 0.316 e. The van der Waals surface area contributed by atoms with Gasteiger partial charge in [-0.3, -0.25) is 4.79 Å². The first kappa shape index (κ1) is 10.3. The van der Waals surface area contributed by atoms with Crippen LogP contribution in [0.5, 0.6) is 0 Å². The standard InChI is InChI=1S/C11H17NO/c1-3-4-5-11(13)10-6-9(2)7-12-8-10/h1,9-10,12H,4-8H2,2H3. The Bertz CT molecular complexity index is 217. The number of ketones is 1. The van der Waals surface area contributed by atoms with Crippen molar-refractivity contribution in [3.8, 4) is 12.3 Å². The molecule has 1 fully saturated rings. The minimum absolute atomic E-state index is 0.206. The van der Waals surface area contributed by atoms with E-state index in [0.29, 0.717) is 24.5 Å². The first-order valence-corrected chi connectivity index (χ1v) is 4.91. The highest BCUT2D eigenvalue weighted by atomic mass is 16.1. The average molecular weight is 179 g/mol. The summed E-state index contributed by atoms with van der Waals surface area (Å²) in [5.74, 6) is 3.66. The number of hydrogen-bond acceptors (Lipinski definition) is 2. The highest BCUT2D eigenvalue weighted by Gasteiger charge is 2.23. The Kier molecular flexibility index (Phi) is 3.98. The predicted octanol–water partition coefficient (Wildman–Crippen LogP) is 1.21. The van der Waals surface area contributed by atoms with Gasteiger partial charge in [0.2, 0.25) is 0 Å². The van der Waals surface area contributed by atoms with Crippen LogP contribution in [0, 0.1) is 24.2 Å². The second-order valence-electron chi connectivity index (χ2n) is 3.87. The van der Waals surface area contributed by atoms with Crippen LogP contribution in [-0.4, -0.2) is 18.9 Å². The van der Waals surface area contributed by atoms with E-state index < -0.39 is 0 Å². The van der Waals surface area contributed by atoms with Gasteiger partial charge >= 0.3 is 0 Å². The monoisotopic (exact) mass is 179 g/mol. The summed E-state index contributed by atoms with van der Waals surface area (Å²) in [5, 5.41) is 3.27. The van der Waals surface area contributed by atoms with E-state index in [-0.39, 0.29) is 5.92 Å². The van der Waals surface area contributed by atoms with Gasteiger partial charge in [-0.1, -0.05) is 6.92 Å². The Balaban J connectivity index is 2.33. The fourth-order valence-electron chi connectivity index (χ4n) is 1.80. The molecule has 0 bridgehead atoms. The molecular weight excluding hydrogens is 162 g/mol. The van der Waals surface area contributed by atoms with E-state index in [9.17, 15) is 4.79 Å². The number of piperidine rings is 1. The molecular formula is C11H17NO. The molecule has 0 radical (unpaired) electrons. The van der Waals surface area contributed by atoms with Crippen LogP contribution in [0.3, 0.4) is 0 Å². The van der Waals surface area contributed by atoms with E-state index in [1.165, 1.54) is 0 Å². The maximum atomic E-state index is 11.6. The maximum absolute atomic E-state index is 11.6. The predicted molar refractivity (Wildman–Crippen MR) is 53.2 cm³/mol. The zero-order chi connectivity index (χ0) is 9.68. The van der Waals surface area contributed by atoms with Crippen molar-refractivity contribution in [2.45, 2.75) is 26.2 Å². The van der Waals surface area contributed by atoms with Crippen molar-refractivity contribution in [3.63, 3.8) is 0 Å². The van der Waals surface area contributed by atoms with Gasteiger partial charge in [-0.2, -0.15) is 0 Å². The molecule has 0 aromatic heterocycles. The van der Waals surface area contributed by atoms with E-state index in [1.54, 1.807) is 0 Å². The Morgan fingerprint density at radius 2 is 2.38 bits per heavy atom. The summed E-state index contributed by atoms with van der Waals surface area (Å²) < 4.78 is 0. The van der Waals surface area contributed by atoms with Gasteiger partial charge in [0.15, 0.2) is 0 Å². The molecule has 2 atom stereocenters. The third-order valence-corrected chi connectivity index (χ3v) is 2.54. The van der Waals surface area contributed by atoms with E-state index >= 15 is 0 Å². The zero-order valence-electron chi connectivity index (χ0n) is 8.18. The minimum Gasteiger partial charge on any atom is -0.316 e. The molecule has 0 spiro atoms. The van der Waals surface area contributed by atoms with Crippen molar-refractivity contribution < 1.29 is 4.79 Å². The molecule has 1 N–H and O–H groups in total. The fraction of sp³-hybridized carbons (Fsp3) is 0.727. The summed E-state index contributed by atoms with van der Waals surface area (Å²) >= 11 is 0. The molecule has 1 heterocycles. The molecule has 0 saturated carbocycles. The molecule has 0 amide bonds. The number of nitrogens with one attached hydrogen (secondary N) is 1. The summed E-state index contributed by atoms with van der Waals surface area (Å²) in [6.07, 6.45) is 7.28. The molecule has 13 heavy (non-hydrogen) atoms. The molecule has 72 valence electrons. The number of carbonyl (C=O) groups is 1. The third-order valence-electron chi connectivity index (χ3n) is 2.54. The van der Waals surface area contributed by atoms with Crippen LogP contribution in [-0.2, 0) is 4.79 Å². The van der Waals surface area contributed by atoms with Crippen LogP contribution < -0.4 is 5.32 Å². The van der Waals surface area contributed by atoms with Gasteiger partial charge in [0.1, 0.15) is 5.78 Å². The molecule has 0 aromatic rings. The lowest BCUT2D eigenvalue weighted by Crippen LogP contribution is -2.38. The van der Waals surface area contributed by atoms with Gasteiger partial charge in [0.25, 0.3) is 0 Å². The summed E-state index contributed by atoms with van der Waals surface area (Å²) in [6, 6.07) is 0. The highest BCUT2D eigenvalue weighted by molar-refractivity contribution is 5.81. The van der Waals surface area contributed by atoms with Crippen molar-refractivity contribution in [3.05, 3.63) is 0 Å². The van der Waals surface area contributed by atoms with Crippen molar-refractivity contribution in [2.24, 2.45) is 11.8 Å². The van der Waals surface area contributed by atoms with E-state index in [4.69, 9.17) is 6.42 Å². The van der Waals surface area contributed by atoms with Gasteiger partial charge in [-0.15, -0.1) is 12.3 Å². The Morgan fingerprint density at radius 1 is 1.62 bits per heavy atom. The molecule has 1 aliphatic rings. The molecule has 1 rings (SSSR count). The summed E-state index contributed by atoms with van der Waals surface area (Å²) in [4.78, 5) is 11.6. The molecule has 1 aliphatic heterocycles. The fourth-order valence-corrected chi connectivity index (χ4v) is 1.80. The second-order valence-corrected chi connectivity index (χ2v) is 3.87. The molecule has 2 nitrogen and oxygen atoms in total. The average Bonchev–Trinajstić information content (AvgIpc) is 2.14. The summed E-state index contributed by atoms with van der Waals surface area (Å²) in [6.45, 7) is 4.06. The lowest BCUT2D eigenvalue weighted by atomic mass is 9.87. The summed E-state index contributed by atoms with van der Waals surface area (Å²) in [7, 11) is 0. The van der Waals surface area contributed by atoms with Crippen molar-refractivity contribution in [2.75, 3.05) is 13.1 Å². The van der Waals surface area contributed by atoms with Gasteiger partial charge < -0.3 is 5.32 Å². The lowest BCUT2D eigenvalue weighted by molar-refractivity contribution is -0.123.